The van der Waals surface area contributed by atoms with Crippen molar-refractivity contribution in [2.45, 2.75) is 25.0 Å². The molecule has 3 nitrogen and oxygen atoms in total. The number of para-hydroxylation sites is 1. The van der Waals surface area contributed by atoms with Crippen molar-refractivity contribution >= 4 is 0 Å². The summed E-state index contributed by atoms with van der Waals surface area (Å²) in [7, 11) is 1.70. The number of benzene rings is 2. The number of rotatable bonds is 4. The summed E-state index contributed by atoms with van der Waals surface area (Å²) in [5.74, 6) is -1.86. The van der Waals surface area contributed by atoms with Gasteiger partial charge in [-0.3, -0.25) is 0 Å². The van der Waals surface area contributed by atoms with Gasteiger partial charge < -0.3 is 14.8 Å². The van der Waals surface area contributed by atoms with Gasteiger partial charge >= 0.3 is 6.18 Å². The topological polar surface area (TPSA) is 30.5 Å². The zero-order valence-corrected chi connectivity index (χ0v) is 13.4. The van der Waals surface area contributed by atoms with E-state index in [4.69, 9.17) is 9.47 Å². The van der Waals surface area contributed by atoms with E-state index in [2.05, 4.69) is 5.32 Å². The number of ether oxygens (including phenoxy) is 2. The maximum Gasteiger partial charge on any atom is 0.420 e. The Morgan fingerprint density at radius 3 is 2.64 bits per heavy atom. The van der Waals surface area contributed by atoms with Gasteiger partial charge in [0.1, 0.15) is 11.7 Å². The average Bonchev–Trinajstić information content (AvgIpc) is 2.57. The first kappa shape index (κ1) is 17.7. The number of likely N-dealkylation sites (N-methyl/N-ethyl adjacent to an activating group) is 1. The lowest BCUT2D eigenvalue weighted by molar-refractivity contribution is -0.140. The molecule has 0 fully saturated rings. The van der Waals surface area contributed by atoms with E-state index in [0.29, 0.717) is 18.7 Å². The van der Waals surface area contributed by atoms with E-state index in [9.17, 15) is 17.6 Å². The molecule has 1 aliphatic rings. The zero-order valence-electron chi connectivity index (χ0n) is 13.4. The van der Waals surface area contributed by atoms with Crippen molar-refractivity contribution in [2.75, 3.05) is 13.6 Å². The number of hydrogen-bond acceptors (Lipinski definition) is 3. The van der Waals surface area contributed by atoms with Crippen LogP contribution in [0.1, 0.15) is 22.8 Å². The van der Waals surface area contributed by atoms with Crippen LogP contribution in [0.4, 0.5) is 17.6 Å². The van der Waals surface area contributed by atoms with Crippen LogP contribution >= 0.6 is 0 Å². The molecule has 0 unspecified atom stereocenters. The first-order valence-electron chi connectivity index (χ1n) is 7.78. The van der Waals surface area contributed by atoms with Crippen LogP contribution in [0.2, 0.25) is 0 Å². The summed E-state index contributed by atoms with van der Waals surface area (Å²) in [5.41, 5.74) is 0.369. The Labute approximate surface area is 142 Å². The molecule has 0 aromatic heterocycles. The number of alkyl halides is 3. The number of fused-ring (bicyclic) bond motifs is 1. The standard InChI is InChI=1S/C18H17F4NO2/c1-23-9-15-16(12-6-3-2-5-11(12)10-24-15)25-17-13(18(20,21)22)7-4-8-14(17)19/h2-8,15-16,23H,9-10H2,1H3/t15-,16-/m1/s1. The molecule has 134 valence electrons. The number of halogens is 4. The lowest BCUT2D eigenvalue weighted by atomic mass is 9.95. The van der Waals surface area contributed by atoms with E-state index < -0.39 is 35.5 Å². The van der Waals surface area contributed by atoms with Crippen LogP contribution in [0.15, 0.2) is 42.5 Å². The molecular formula is C18H17F4NO2. The van der Waals surface area contributed by atoms with Crippen molar-refractivity contribution in [1.29, 1.82) is 0 Å². The van der Waals surface area contributed by atoms with Gasteiger partial charge in [-0.1, -0.05) is 30.3 Å². The van der Waals surface area contributed by atoms with Crippen LogP contribution in [0.3, 0.4) is 0 Å². The van der Waals surface area contributed by atoms with Crippen molar-refractivity contribution in [2.24, 2.45) is 0 Å². The highest BCUT2D eigenvalue weighted by Crippen LogP contribution is 2.41. The van der Waals surface area contributed by atoms with E-state index in [1.165, 1.54) is 0 Å². The van der Waals surface area contributed by atoms with E-state index in [1.54, 1.807) is 19.2 Å². The summed E-state index contributed by atoms with van der Waals surface area (Å²) >= 11 is 0. The van der Waals surface area contributed by atoms with Gasteiger partial charge in [0.25, 0.3) is 0 Å². The van der Waals surface area contributed by atoms with Crippen LogP contribution in [0, 0.1) is 5.82 Å². The third-order valence-corrected chi connectivity index (χ3v) is 4.07. The maximum atomic E-state index is 14.1. The molecule has 1 N–H and O–H groups in total. The summed E-state index contributed by atoms with van der Waals surface area (Å²) in [6.45, 7) is 0.681. The molecule has 0 saturated carbocycles. The van der Waals surface area contributed by atoms with Crippen LogP contribution in [-0.2, 0) is 17.5 Å². The van der Waals surface area contributed by atoms with Crippen LogP contribution in [0.5, 0.6) is 5.75 Å². The largest absolute Gasteiger partial charge is 0.479 e. The normalized spacial score (nSPS) is 20.2. The molecule has 7 heteroatoms. The SMILES string of the molecule is CNC[C@H]1OCc2ccccc2[C@H]1Oc1c(F)cccc1C(F)(F)F. The molecule has 0 radical (unpaired) electrons. The molecule has 2 aromatic carbocycles. The van der Waals surface area contributed by atoms with E-state index >= 15 is 0 Å². The molecule has 0 saturated heterocycles. The van der Waals surface area contributed by atoms with E-state index in [0.717, 1.165) is 23.8 Å². The fourth-order valence-electron chi connectivity index (χ4n) is 2.91. The van der Waals surface area contributed by atoms with Gasteiger partial charge in [-0.15, -0.1) is 0 Å². The van der Waals surface area contributed by atoms with Gasteiger partial charge in [0.2, 0.25) is 0 Å². The van der Waals surface area contributed by atoms with E-state index in [1.807, 2.05) is 12.1 Å². The highest BCUT2D eigenvalue weighted by atomic mass is 19.4. The molecule has 2 aromatic rings. The van der Waals surface area contributed by atoms with Crippen molar-refractivity contribution in [3.8, 4) is 5.75 Å². The van der Waals surface area contributed by atoms with Crippen molar-refractivity contribution in [3.05, 3.63) is 65.0 Å². The Morgan fingerprint density at radius 1 is 1.16 bits per heavy atom. The quantitative estimate of drug-likeness (QED) is 0.839. The molecule has 0 amide bonds. The van der Waals surface area contributed by atoms with Gasteiger partial charge in [-0.2, -0.15) is 13.2 Å². The zero-order chi connectivity index (χ0) is 18.0. The molecular weight excluding hydrogens is 338 g/mol. The molecule has 1 heterocycles. The second kappa shape index (κ2) is 7.01. The summed E-state index contributed by atoms with van der Waals surface area (Å²) in [4.78, 5) is 0. The fraction of sp³-hybridized carbons (Fsp3) is 0.333. The Bertz CT molecular complexity index is 748. The van der Waals surface area contributed by atoms with Crippen molar-refractivity contribution in [1.82, 2.24) is 5.32 Å². The lowest BCUT2D eigenvalue weighted by Crippen LogP contribution is -2.38. The minimum Gasteiger partial charge on any atom is -0.479 e. The second-order valence-corrected chi connectivity index (χ2v) is 5.76. The third-order valence-electron chi connectivity index (χ3n) is 4.07. The Kier molecular flexibility index (Phi) is 4.96. The smallest absolute Gasteiger partial charge is 0.420 e. The Balaban J connectivity index is 2.03. The van der Waals surface area contributed by atoms with Gasteiger partial charge in [0.15, 0.2) is 17.7 Å². The predicted molar refractivity (Wildman–Crippen MR) is 83.7 cm³/mol. The Hall–Kier alpha value is -2.12. The van der Waals surface area contributed by atoms with Crippen molar-refractivity contribution in [3.63, 3.8) is 0 Å². The molecule has 2 atom stereocenters. The van der Waals surface area contributed by atoms with Crippen molar-refractivity contribution < 1.29 is 27.0 Å². The van der Waals surface area contributed by atoms with Crippen LogP contribution in [0.25, 0.3) is 0 Å². The predicted octanol–water partition coefficient (Wildman–Crippen LogP) is 4.08. The monoisotopic (exact) mass is 355 g/mol. The van der Waals surface area contributed by atoms with Gasteiger partial charge in [-0.05, 0) is 24.7 Å². The third kappa shape index (κ3) is 3.62. The molecule has 0 bridgehead atoms. The highest BCUT2D eigenvalue weighted by Gasteiger charge is 2.39. The number of nitrogens with one attached hydrogen (secondary N) is 1. The molecule has 3 rings (SSSR count). The minimum atomic E-state index is -4.72. The number of hydrogen-bond donors (Lipinski definition) is 1. The van der Waals surface area contributed by atoms with Crippen LogP contribution in [-0.4, -0.2) is 19.7 Å². The second-order valence-electron chi connectivity index (χ2n) is 5.76. The van der Waals surface area contributed by atoms with E-state index in [-0.39, 0.29) is 0 Å². The van der Waals surface area contributed by atoms with Gasteiger partial charge in [0, 0.05) is 12.1 Å². The van der Waals surface area contributed by atoms with Gasteiger partial charge in [0.05, 0.1) is 6.61 Å². The fourth-order valence-corrected chi connectivity index (χ4v) is 2.91. The lowest BCUT2D eigenvalue weighted by Gasteiger charge is -2.34. The summed E-state index contributed by atoms with van der Waals surface area (Å²) < 4.78 is 65.1. The minimum absolute atomic E-state index is 0.325. The Morgan fingerprint density at radius 2 is 1.92 bits per heavy atom. The summed E-state index contributed by atoms with van der Waals surface area (Å²) in [6.07, 6.45) is -6.11. The maximum absolute atomic E-state index is 14.1. The summed E-state index contributed by atoms with van der Waals surface area (Å²) in [5, 5.41) is 2.92. The van der Waals surface area contributed by atoms with Crippen LogP contribution < -0.4 is 10.1 Å². The molecule has 0 spiro atoms. The van der Waals surface area contributed by atoms with Gasteiger partial charge in [-0.25, -0.2) is 4.39 Å². The molecule has 1 aliphatic heterocycles. The molecule has 25 heavy (non-hydrogen) atoms. The molecule has 0 aliphatic carbocycles. The highest BCUT2D eigenvalue weighted by molar-refractivity contribution is 5.39. The first-order valence-corrected chi connectivity index (χ1v) is 7.78. The first-order chi connectivity index (χ1) is 11.9. The average molecular weight is 355 g/mol. The summed E-state index contributed by atoms with van der Waals surface area (Å²) in [6, 6.07) is 9.92.